The maximum Gasteiger partial charge on any atom is 0.255 e. The third kappa shape index (κ3) is 3.35. The van der Waals surface area contributed by atoms with Gasteiger partial charge in [-0.1, -0.05) is 0 Å². The number of aryl methyl sites for hydroxylation is 1. The summed E-state index contributed by atoms with van der Waals surface area (Å²) < 4.78 is 0. The number of aromatic nitrogens is 2. The topological polar surface area (TPSA) is 73.1 Å². The van der Waals surface area contributed by atoms with Crippen molar-refractivity contribution in [3.8, 4) is 6.07 Å². The fourth-order valence-electron chi connectivity index (χ4n) is 2.92. The molecule has 1 amide bonds. The molecule has 3 heterocycles. The Balaban J connectivity index is 1.74. The van der Waals surface area contributed by atoms with Crippen molar-refractivity contribution in [2.24, 2.45) is 0 Å². The van der Waals surface area contributed by atoms with Crippen LogP contribution >= 0.6 is 0 Å². The van der Waals surface area contributed by atoms with Gasteiger partial charge in [0.1, 0.15) is 11.9 Å². The lowest BCUT2D eigenvalue weighted by Crippen LogP contribution is -2.35. The highest BCUT2D eigenvalue weighted by Gasteiger charge is 2.22. The average Bonchev–Trinajstić information content (AvgIpc) is 2.87. The molecule has 0 aliphatic carbocycles. The van der Waals surface area contributed by atoms with Crippen molar-refractivity contribution in [1.82, 2.24) is 14.9 Å². The molecule has 122 valence electrons. The van der Waals surface area contributed by atoms with Crippen molar-refractivity contribution in [2.75, 3.05) is 31.1 Å². The van der Waals surface area contributed by atoms with Crippen LogP contribution in [0.25, 0.3) is 0 Å². The zero-order valence-corrected chi connectivity index (χ0v) is 13.6. The van der Waals surface area contributed by atoms with Crippen molar-refractivity contribution in [3.05, 3.63) is 53.5 Å². The molecule has 1 aliphatic heterocycles. The van der Waals surface area contributed by atoms with E-state index in [0.717, 1.165) is 18.5 Å². The summed E-state index contributed by atoms with van der Waals surface area (Å²) in [6.45, 7) is 4.67. The van der Waals surface area contributed by atoms with Gasteiger partial charge in [-0.05, 0) is 37.1 Å². The number of anilines is 1. The summed E-state index contributed by atoms with van der Waals surface area (Å²) >= 11 is 0. The predicted octanol–water partition coefficient (Wildman–Crippen LogP) is 2.01. The highest BCUT2D eigenvalue weighted by molar-refractivity contribution is 5.94. The standard InChI is InChI=1S/C18H19N5O/c1-14-10-16(13-20-12-14)18(24)23-7-3-6-22(8-9-23)17-15(11-19)4-2-5-21-17/h2,4-5,10,12-13H,3,6-9H2,1H3. The smallest absolute Gasteiger partial charge is 0.255 e. The molecule has 1 fully saturated rings. The van der Waals surface area contributed by atoms with Gasteiger partial charge in [-0.25, -0.2) is 4.98 Å². The Morgan fingerprint density at radius 2 is 2.12 bits per heavy atom. The first-order valence-electron chi connectivity index (χ1n) is 8.00. The third-order valence-corrected chi connectivity index (χ3v) is 4.11. The number of carbonyl (C=O) groups is 1. The number of carbonyl (C=O) groups excluding carboxylic acids is 1. The van der Waals surface area contributed by atoms with Crippen LogP contribution in [0.5, 0.6) is 0 Å². The zero-order chi connectivity index (χ0) is 16.9. The Kier molecular flexibility index (Phi) is 4.71. The van der Waals surface area contributed by atoms with Crippen molar-refractivity contribution in [3.63, 3.8) is 0 Å². The van der Waals surface area contributed by atoms with Gasteiger partial charge in [0.05, 0.1) is 11.1 Å². The van der Waals surface area contributed by atoms with E-state index in [-0.39, 0.29) is 5.91 Å². The lowest BCUT2D eigenvalue weighted by atomic mass is 10.2. The Bertz CT molecular complexity index is 783. The van der Waals surface area contributed by atoms with Crippen LogP contribution in [0, 0.1) is 18.3 Å². The van der Waals surface area contributed by atoms with Gasteiger partial charge in [0.2, 0.25) is 0 Å². The first-order chi connectivity index (χ1) is 11.7. The zero-order valence-electron chi connectivity index (χ0n) is 13.6. The molecule has 0 bridgehead atoms. The predicted molar refractivity (Wildman–Crippen MR) is 90.7 cm³/mol. The van der Waals surface area contributed by atoms with Crippen molar-refractivity contribution >= 4 is 11.7 Å². The number of rotatable bonds is 2. The van der Waals surface area contributed by atoms with Crippen LogP contribution in [0.2, 0.25) is 0 Å². The number of nitrogens with zero attached hydrogens (tertiary/aromatic N) is 5. The minimum absolute atomic E-state index is 0.00887. The largest absolute Gasteiger partial charge is 0.354 e. The van der Waals surface area contributed by atoms with Crippen molar-refractivity contribution in [2.45, 2.75) is 13.3 Å². The SMILES string of the molecule is Cc1cncc(C(=O)N2CCCN(c3ncccc3C#N)CC2)c1. The van der Waals surface area contributed by atoms with Crippen LogP contribution in [-0.2, 0) is 0 Å². The maximum atomic E-state index is 12.7. The van der Waals surface area contributed by atoms with Crippen LogP contribution in [0.1, 0.15) is 27.9 Å². The van der Waals surface area contributed by atoms with Gasteiger partial charge in [-0.2, -0.15) is 5.26 Å². The monoisotopic (exact) mass is 321 g/mol. The summed E-state index contributed by atoms with van der Waals surface area (Å²) in [6.07, 6.45) is 5.89. The summed E-state index contributed by atoms with van der Waals surface area (Å²) in [6, 6.07) is 7.59. The molecule has 3 rings (SSSR count). The molecule has 2 aromatic heterocycles. The van der Waals surface area contributed by atoms with E-state index in [9.17, 15) is 10.1 Å². The molecule has 0 radical (unpaired) electrons. The molecule has 24 heavy (non-hydrogen) atoms. The molecule has 0 N–H and O–H groups in total. The molecule has 0 aromatic carbocycles. The van der Waals surface area contributed by atoms with Crippen molar-refractivity contribution in [1.29, 1.82) is 5.26 Å². The number of nitriles is 1. The summed E-state index contributed by atoms with van der Waals surface area (Å²) in [5.41, 5.74) is 2.17. The van der Waals surface area contributed by atoms with Crippen LogP contribution < -0.4 is 4.90 Å². The van der Waals surface area contributed by atoms with E-state index in [1.54, 1.807) is 30.7 Å². The van der Waals surface area contributed by atoms with Gasteiger partial charge in [-0.15, -0.1) is 0 Å². The summed E-state index contributed by atoms with van der Waals surface area (Å²) in [5.74, 6) is 0.709. The summed E-state index contributed by atoms with van der Waals surface area (Å²) in [4.78, 5) is 25.1. The van der Waals surface area contributed by atoms with Crippen LogP contribution in [0.15, 0.2) is 36.8 Å². The average molecular weight is 321 g/mol. The van der Waals surface area contributed by atoms with Gasteiger partial charge < -0.3 is 9.80 Å². The lowest BCUT2D eigenvalue weighted by molar-refractivity contribution is 0.0766. The van der Waals surface area contributed by atoms with Crippen LogP contribution in [-0.4, -0.2) is 47.0 Å². The van der Waals surface area contributed by atoms with Gasteiger partial charge in [0.15, 0.2) is 0 Å². The van der Waals surface area contributed by atoms with Crippen LogP contribution in [0.3, 0.4) is 0 Å². The Morgan fingerprint density at radius 3 is 2.92 bits per heavy atom. The quantitative estimate of drug-likeness (QED) is 0.846. The molecular weight excluding hydrogens is 302 g/mol. The highest BCUT2D eigenvalue weighted by Crippen LogP contribution is 2.19. The minimum atomic E-state index is 0.00887. The minimum Gasteiger partial charge on any atom is -0.354 e. The molecule has 0 atom stereocenters. The molecule has 1 saturated heterocycles. The molecule has 6 nitrogen and oxygen atoms in total. The van der Waals surface area contributed by atoms with E-state index in [1.165, 1.54) is 0 Å². The Labute approximate surface area is 141 Å². The normalized spacial score (nSPS) is 14.8. The first-order valence-corrected chi connectivity index (χ1v) is 8.00. The number of pyridine rings is 2. The van der Waals surface area contributed by atoms with Gasteiger partial charge in [-0.3, -0.25) is 9.78 Å². The molecule has 0 spiro atoms. The molecule has 0 unspecified atom stereocenters. The molecule has 0 saturated carbocycles. The molecule has 2 aromatic rings. The van der Waals surface area contributed by atoms with E-state index in [2.05, 4.69) is 20.9 Å². The first kappa shape index (κ1) is 15.9. The van der Waals surface area contributed by atoms with Gasteiger partial charge in [0, 0.05) is 44.8 Å². The third-order valence-electron chi connectivity index (χ3n) is 4.11. The second kappa shape index (κ2) is 7.09. The van der Waals surface area contributed by atoms with E-state index in [0.29, 0.717) is 36.6 Å². The van der Waals surface area contributed by atoms with E-state index >= 15 is 0 Å². The van der Waals surface area contributed by atoms with Crippen molar-refractivity contribution < 1.29 is 4.79 Å². The fraction of sp³-hybridized carbons (Fsp3) is 0.333. The second-order valence-electron chi connectivity index (χ2n) is 5.87. The number of hydrogen-bond acceptors (Lipinski definition) is 5. The second-order valence-corrected chi connectivity index (χ2v) is 5.87. The van der Waals surface area contributed by atoms with E-state index in [4.69, 9.17) is 0 Å². The van der Waals surface area contributed by atoms with Gasteiger partial charge in [0.25, 0.3) is 5.91 Å². The van der Waals surface area contributed by atoms with Crippen LogP contribution in [0.4, 0.5) is 5.82 Å². The number of amides is 1. The molecule has 1 aliphatic rings. The highest BCUT2D eigenvalue weighted by atomic mass is 16.2. The lowest BCUT2D eigenvalue weighted by Gasteiger charge is -2.23. The van der Waals surface area contributed by atoms with E-state index in [1.807, 2.05) is 17.9 Å². The Hall–Kier alpha value is -2.94. The maximum absolute atomic E-state index is 12.7. The van der Waals surface area contributed by atoms with E-state index < -0.39 is 0 Å². The van der Waals surface area contributed by atoms with Gasteiger partial charge >= 0.3 is 0 Å². The Morgan fingerprint density at radius 1 is 1.25 bits per heavy atom. The summed E-state index contributed by atoms with van der Waals surface area (Å²) in [7, 11) is 0. The summed E-state index contributed by atoms with van der Waals surface area (Å²) in [5, 5.41) is 9.25. The molecular formula is C18H19N5O. The fourth-order valence-corrected chi connectivity index (χ4v) is 2.92. The number of hydrogen-bond donors (Lipinski definition) is 0. The molecule has 6 heteroatoms.